The van der Waals surface area contributed by atoms with Crippen LogP contribution in [0.5, 0.6) is 0 Å². The fourth-order valence-electron chi connectivity index (χ4n) is 2.49. The standard InChI is InChI=1S/C10H17FN3O12P3/c1-6-4-10(11,24-8(6)14-3-2-7(12)13-9(14)15)5-23-28(19,20)26-29(21,22)25-27(16,17)18/h2-3,6,8H,4-5H2,1H3,(H,19,20)(H,21,22)(H2,12,13,15)(H2,16,17,18)/t6-,8+,10-/m0/s1. The molecule has 0 amide bonds. The summed E-state index contributed by atoms with van der Waals surface area (Å²) < 4.78 is 65.7. The van der Waals surface area contributed by atoms with E-state index in [4.69, 9.17) is 25.2 Å². The molecule has 2 unspecified atom stereocenters. The second kappa shape index (κ2) is 8.25. The van der Waals surface area contributed by atoms with Gasteiger partial charge in [0, 0.05) is 18.5 Å². The van der Waals surface area contributed by atoms with Gasteiger partial charge in [-0.25, -0.2) is 22.9 Å². The van der Waals surface area contributed by atoms with Crippen molar-refractivity contribution in [1.29, 1.82) is 0 Å². The van der Waals surface area contributed by atoms with E-state index in [-0.39, 0.29) is 5.82 Å². The lowest BCUT2D eigenvalue weighted by molar-refractivity contribution is -0.176. The van der Waals surface area contributed by atoms with Crippen molar-refractivity contribution in [3.05, 3.63) is 22.7 Å². The van der Waals surface area contributed by atoms with Gasteiger partial charge in [0.2, 0.25) is 5.85 Å². The number of hydrogen-bond acceptors (Lipinski definition) is 10. The molecule has 1 aromatic heterocycles. The second-order valence-corrected chi connectivity index (χ2v) is 10.4. The van der Waals surface area contributed by atoms with Crippen LogP contribution in [-0.4, -0.2) is 41.6 Å². The molecule has 15 nitrogen and oxygen atoms in total. The molecule has 2 rings (SSSR count). The van der Waals surface area contributed by atoms with Crippen LogP contribution in [0.15, 0.2) is 17.1 Å². The van der Waals surface area contributed by atoms with Crippen LogP contribution in [0.2, 0.25) is 0 Å². The number of ether oxygens (including phenoxy) is 1. The van der Waals surface area contributed by atoms with Crippen LogP contribution in [0, 0.1) is 5.92 Å². The van der Waals surface area contributed by atoms with Crippen molar-refractivity contribution in [1.82, 2.24) is 9.55 Å². The first-order valence-electron chi connectivity index (χ1n) is 7.51. The SMILES string of the molecule is C[C@H]1C[C@@](F)(COP(=O)(O)OP(=O)(O)OP(=O)(O)O)O[C@H]1n1ccc(N)nc1=O. The van der Waals surface area contributed by atoms with Crippen LogP contribution >= 0.6 is 23.5 Å². The van der Waals surface area contributed by atoms with Gasteiger partial charge in [0.15, 0.2) is 0 Å². The zero-order valence-electron chi connectivity index (χ0n) is 14.5. The third kappa shape index (κ3) is 7.02. The Labute approximate surface area is 161 Å². The van der Waals surface area contributed by atoms with Crippen molar-refractivity contribution in [2.24, 2.45) is 5.92 Å². The normalized spacial score (nSPS) is 29.3. The Kier molecular flexibility index (Phi) is 6.90. The highest BCUT2D eigenvalue weighted by Crippen LogP contribution is 2.66. The first kappa shape index (κ1) is 24.3. The van der Waals surface area contributed by atoms with Gasteiger partial charge in [0.25, 0.3) is 0 Å². The van der Waals surface area contributed by atoms with Crippen molar-refractivity contribution in [2.45, 2.75) is 25.4 Å². The number of anilines is 1. The predicted octanol–water partition coefficient (Wildman–Crippen LogP) is 0.390. The maximum atomic E-state index is 14.9. The molecule has 1 aromatic rings. The van der Waals surface area contributed by atoms with Gasteiger partial charge >= 0.3 is 29.2 Å². The summed E-state index contributed by atoms with van der Waals surface area (Å²) in [7, 11) is -16.8. The Bertz CT molecular complexity index is 967. The first-order chi connectivity index (χ1) is 13.0. The van der Waals surface area contributed by atoms with E-state index in [9.17, 15) is 27.8 Å². The third-order valence-corrected chi connectivity index (χ3v) is 7.21. The van der Waals surface area contributed by atoms with E-state index in [1.807, 2.05) is 0 Å². The zero-order chi connectivity index (χ0) is 22.3. The van der Waals surface area contributed by atoms with Crippen molar-refractivity contribution < 1.29 is 55.5 Å². The van der Waals surface area contributed by atoms with Crippen LogP contribution in [0.1, 0.15) is 19.6 Å². The molecule has 0 saturated carbocycles. The van der Waals surface area contributed by atoms with Gasteiger partial charge in [0.05, 0.1) is 0 Å². The van der Waals surface area contributed by atoms with Gasteiger partial charge in [-0.1, -0.05) is 6.92 Å². The van der Waals surface area contributed by atoms with Crippen LogP contribution in [-0.2, 0) is 31.6 Å². The maximum absolute atomic E-state index is 14.9. The Balaban J connectivity index is 2.06. The Morgan fingerprint density at radius 3 is 2.48 bits per heavy atom. The van der Waals surface area contributed by atoms with Crippen molar-refractivity contribution in [3.8, 4) is 0 Å². The topological polar surface area (TPSA) is 230 Å². The Morgan fingerprint density at radius 1 is 1.31 bits per heavy atom. The minimum atomic E-state index is -5.73. The zero-order valence-corrected chi connectivity index (χ0v) is 17.2. The number of aromatic nitrogens is 2. The lowest BCUT2D eigenvalue weighted by Crippen LogP contribution is -2.32. The highest BCUT2D eigenvalue weighted by atomic mass is 31.3. The van der Waals surface area contributed by atoms with Gasteiger partial charge in [-0.3, -0.25) is 9.09 Å². The Hall–Kier alpha value is -1.02. The monoisotopic (exact) mass is 483 g/mol. The van der Waals surface area contributed by atoms with Crippen LogP contribution in [0.3, 0.4) is 0 Å². The largest absolute Gasteiger partial charge is 0.490 e. The van der Waals surface area contributed by atoms with Gasteiger partial charge in [-0.05, 0) is 6.07 Å². The van der Waals surface area contributed by atoms with Crippen LogP contribution in [0.25, 0.3) is 0 Å². The molecule has 0 aliphatic carbocycles. The van der Waals surface area contributed by atoms with E-state index in [0.29, 0.717) is 0 Å². The van der Waals surface area contributed by atoms with E-state index >= 15 is 0 Å². The number of phosphoric acid groups is 3. The van der Waals surface area contributed by atoms with E-state index < -0.39 is 60.2 Å². The fourth-order valence-corrected chi connectivity index (χ4v) is 5.54. The number of hydrogen-bond donors (Lipinski definition) is 5. The van der Waals surface area contributed by atoms with Gasteiger partial charge in [-0.2, -0.15) is 13.6 Å². The molecule has 1 aliphatic heterocycles. The first-order valence-corrected chi connectivity index (χ1v) is 12.0. The summed E-state index contributed by atoms with van der Waals surface area (Å²) in [5.74, 6) is -3.44. The highest BCUT2D eigenvalue weighted by Gasteiger charge is 2.49. The molecule has 1 aliphatic rings. The lowest BCUT2D eigenvalue weighted by Gasteiger charge is -2.23. The fraction of sp³-hybridized carbons (Fsp3) is 0.600. The molecule has 0 aromatic carbocycles. The average Bonchev–Trinajstić information content (AvgIpc) is 2.77. The summed E-state index contributed by atoms with van der Waals surface area (Å²) in [5, 5.41) is 0. The molecular weight excluding hydrogens is 466 g/mol. The molecule has 5 atom stereocenters. The predicted molar refractivity (Wildman–Crippen MR) is 90.5 cm³/mol. The number of nitrogens with two attached hydrogens (primary N) is 1. The molecular formula is C10H17FN3O12P3. The van der Waals surface area contributed by atoms with Gasteiger partial charge < -0.3 is 30.0 Å². The number of phosphoric ester groups is 1. The van der Waals surface area contributed by atoms with E-state index in [2.05, 4.69) is 18.1 Å². The summed E-state index contributed by atoms with van der Waals surface area (Å²) in [6, 6.07) is 1.27. The summed E-state index contributed by atoms with van der Waals surface area (Å²) in [5.41, 5.74) is 4.53. The molecule has 29 heavy (non-hydrogen) atoms. The van der Waals surface area contributed by atoms with E-state index in [0.717, 1.165) is 4.57 Å². The summed E-state index contributed by atoms with van der Waals surface area (Å²) in [6.45, 7) is 0.203. The van der Waals surface area contributed by atoms with Crippen LogP contribution in [0.4, 0.5) is 10.2 Å². The minimum absolute atomic E-state index is 0.0731. The molecule has 166 valence electrons. The van der Waals surface area contributed by atoms with E-state index in [1.54, 1.807) is 0 Å². The smallest absolute Gasteiger partial charge is 0.383 e. The molecule has 2 heterocycles. The summed E-state index contributed by atoms with van der Waals surface area (Å²) >= 11 is 0. The lowest BCUT2D eigenvalue weighted by atomic mass is 10.1. The molecule has 6 N–H and O–H groups in total. The minimum Gasteiger partial charge on any atom is -0.383 e. The van der Waals surface area contributed by atoms with Gasteiger partial charge in [0.1, 0.15) is 18.7 Å². The summed E-state index contributed by atoms with van der Waals surface area (Å²) in [6.07, 6.45) is -0.394. The van der Waals surface area contributed by atoms with Crippen molar-refractivity contribution >= 4 is 29.3 Å². The quantitative estimate of drug-likeness (QED) is 0.315. The molecule has 19 heteroatoms. The second-order valence-electron chi connectivity index (χ2n) is 5.98. The molecule has 0 radical (unpaired) electrons. The maximum Gasteiger partial charge on any atom is 0.490 e. The molecule has 0 bridgehead atoms. The highest BCUT2D eigenvalue weighted by molar-refractivity contribution is 7.66. The number of rotatable bonds is 8. The van der Waals surface area contributed by atoms with E-state index in [1.165, 1.54) is 19.2 Å². The third-order valence-electron chi connectivity index (χ3n) is 3.43. The van der Waals surface area contributed by atoms with Crippen LogP contribution < -0.4 is 11.4 Å². The van der Waals surface area contributed by atoms with Crippen molar-refractivity contribution in [3.63, 3.8) is 0 Å². The van der Waals surface area contributed by atoms with Gasteiger partial charge in [-0.15, -0.1) is 0 Å². The number of nitrogen functional groups attached to an aromatic ring is 1. The average molecular weight is 483 g/mol. The Morgan fingerprint density at radius 2 is 1.93 bits per heavy atom. The number of nitrogens with zero attached hydrogens (tertiary/aromatic N) is 2. The number of halogens is 1. The molecule has 1 fully saturated rings. The molecule has 1 saturated heterocycles. The van der Waals surface area contributed by atoms with Crippen molar-refractivity contribution in [2.75, 3.05) is 12.3 Å². The molecule has 0 spiro atoms. The summed E-state index contributed by atoms with van der Waals surface area (Å²) in [4.78, 5) is 50.7. The number of alkyl halides is 1.